The molecule has 2 unspecified atom stereocenters. The maximum Gasteiger partial charge on any atom is 0.253 e. The molecule has 20 heavy (non-hydrogen) atoms. The summed E-state index contributed by atoms with van der Waals surface area (Å²) < 4.78 is 11.3. The van der Waals surface area contributed by atoms with Gasteiger partial charge in [-0.2, -0.15) is 0 Å². The number of rotatable bonds is 4. The predicted molar refractivity (Wildman–Crippen MR) is 84.2 cm³/mol. The first-order valence-electron chi connectivity index (χ1n) is 6.37. The van der Waals surface area contributed by atoms with E-state index in [1.165, 1.54) is 0 Å². The molecule has 0 aliphatic rings. The topological polar surface area (TPSA) is 72.2 Å². The molecule has 4 nitrogen and oxygen atoms in total. The number of carbonyl (C=O) groups excluding carboxylic acids is 1. The van der Waals surface area contributed by atoms with Crippen molar-refractivity contribution in [1.29, 1.82) is 0 Å². The maximum absolute atomic E-state index is 12.1. The largest absolute Gasteiger partial charge is 0.398 e. The SMILES string of the molecule is CC(CNC(=O)c1cc2ccccc2cc1N)S(C)=O. The van der Waals surface area contributed by atoms with Crippen LogP contribution in [0.25, 0.3) is 10.8 Å². The maximum atomic E-state index is 12.1. The van der Waals surface area contributed by atoms with Gasteiger partial charge in [0.15, 0.2) is 0 Å². The van der Waals surface area contributed by atoms with Gasteiger partial charge in [-0.3, -0.25) is 9.00 Å². The number of nitrogen functional groups attached to an aromatic ring is 1. The molecule has 2 aromatic carbocycles. The number of carbonyl (C=O) groups is 1. The van der Waals surface area contributed by atoms with E-state index in [4.69, 9.17) is 5.73 Å². The Balaban J connectivity index is 2.21. The molecular weight excluding hydrogens is 272 g/mol. The molecule has 0 bridgehead atoms. The van der Waals surface area contributed by atoms with Crippen molar-refractivity contribution in [3.05, 3.63) is 42.0 Å². The molecule has 5 heteroatoms. The molecule has 3 N–H and O–H groups in total. The van der Waals surface area contributed by atoms with Gasteiger partial charge in [0.1, 0.15) is 0 Å². The standard InChI is InChI=1S/C15H18N2O2S/c1-10(20(2)19)9-17-15(18)13-7-11-5-3-4-6-12(11)8-14(13)16/h3-8,10H,9,16H2,1-2H3,(H,17,18). The second-order valence-corrected chi connectivity index (χ2v) is 6.61. The van der Waals surface area contributed by atoms with Crippen molar-refractivity contribution in [2.75, 3.05) is 18.5 Å². The Bertz CT molecular complexity index is 670. The third-order valence-corrected chi connectivity index (χ3v) is 4.58. The molecule has 0 heterocycles. The minimum atomic E-state index is -0.957. The lowest BCUT2D eigenvalue weighted by Gasteiger charge is -2.12. The van der Waals surface area contributed by atoms with Gasteiger partial charge in [-0.1, -0.05) is 24.3 Å². The van der Waals surface area contributed by atoms with E-state index in [0.29, 0.717) is 17.8 Å². The van der Waals surface area contributed by atoms with Crippen LogP contribution in [-0.2, 0) is 10.8 Å². The van der Waals surface area contributed by atoms with Crippen molar-refractivity contribution in [1.82, 2.24) is 5.32 Å². The van der Waals surface area contributed by atoms with Crippen LogP contribution in [0.3, 0.4) is 0 Å². The van der Waals surface area contributed by atoms with Crippen LogP contribution >= 0.6 is 0 Å². The molecule has 0 aliphatic heterocycles. The number of nitrogens with one attached hydrogen (secondary N) is 1. The van der Waals surface area contributed by atoms with Crippen LogP contribution < -0.4 is 11.1 Å². The molecule has 2 atom stereocenters. The van der Waals surface area contributed by atoms with Crippen LogP contribution in [0.1, 0.15) is 17.3 Å². The van der Waals surface area contributed by atoms with E-state index in [2.05, 4.69) is 5.32 Å². The van der Waals surface area contributed by atoms with Gasteiger partial charge in [0.2, 0.25) is 0 Å². The molecule has 0 saturated carbocycles. The molecule has 1 amide bonds. The fraction of sp³-hybridized carbons (Fsp3) is 0.267. The number of hydrogen-bond acceptors (Lipinski definition) is 3. The highest BCUT2D eigenvalue weighted by Gasteiger charge is 2.13. The van der Waals surface area contributed by atoms with Crippen LogP contribution in [0.15, 0.2) is 36.4 Å². The summed E-state index contributed by atoms with van der Waals surface area (Å²) in [6.45, 7) is 2.20. The zero-order valence-corrected chi connectivity index (χ0v) is 12.4. The average Bonchev–Trinajstić information content (AvgIpc) is 2.43. The van der Waals surface area contributed by atoms with E-state index in [9.17, 15) is 9.00 Å². The molecule has 0 spiro atoms. The summed E-state index contributed by atoms with van der Waals surface area (Å²) in [5.74, 6) is -0.231. The Kier molecular flexibility index (Phi) is 4.39. The lowest BCUT2D eigenvalue weighted by Crippen LogP contribution is -2.32. The molecule has 0 saturated heterocycles. The van der Waals surface area contributed by atoms with E-state index in [-0.39, 0.29) is 11.2 Å². The number of fused-ring (bicyclic) bond motifs is 1. The van der Waals surface area contributed by atoms with Gasteiger partial charge < -0.3 is 11.1 Å². The smallest absolute Gasteiger partial charge is 0.253 e. The molecule has 0 radical (unpaired) electrons. The molecule has 2 rings (SSSR count). The van der Waals surface area contributed by atoms with E-state index in [1.54, 1.807) is 18.4 Å². The summed E-state index contributed by atoms with van der Waals surface area (Å²) in [7, 11) is -0.957. The number of benzene rings is 2. The van der Waals surface area contributed by atoms with Crippen molar-refractivity contribution in [2.45, 2.75) is 12.2 Å². The molecule has 106 valence electrons. The van der Waals surface area contributed by atoms with E-state index in [0.717, 1.165) is 10.8 Å². The Morgan fingerprint density at radius 3 is 2.50 bits per heavy atom. The van der Waals surface area contributed by atoms with E-state index >= 15 is 0 Å². The lowest BCUT2D eigenvalue weighted by molar-refractivity contribution is 0.0955. The van der Waals surface area contributed by atoms with Crippen molar-refractivity contribution in [3.8, 4) is 0 Å². The minimum Gasteiger partial charge on any atom is -0.398 e. The van der Waals surface area contributed by atoms with E-state index in [1.807, 2.05) is 31.2 Å². The highest BCUT2D eigenvalue weighted by Crippen LogP contribution is 2.21. The van der Waals surface area contributed by atoms with Crippen LogP contribution in [0.2, 0.25) is 0 Å². The van der Waals surface area contributed by atoms with Crippen LogP contribution in [0, 0.1) is 0 Å². The molecule has 0 fully saturated rings. The summed E-state index contributed by atoms with van der Waals surface area (Å²) in [6.07, 6.45) is 1.63. The monoisotopic (exact) mass is 290 g/mol. The molecule has 0 aliphatic carbocycles. The summed E-state index contributed by atoms with van der Waals surface area (Å²) in [4.78, 5) is 12.1. The highest BCUT2D eigenvalue weighted by atomic mass is 32.2. The van der Waals surface area contributed by atoms with E-state index < -0.39 is 10.8 Å². The Morgan fingerprint density at radius 1 is 1.30 bits per heavy atom. The number of anilines is 1. The minimum absolute atomic E-state index is 0.0827. The zero-order chi connectivity index (χ0) is 14.7. The lowest BCUT2D eigenvalue weighted by atomic mass is 10.0. The zero-order valence-electron chi connectivity index (χ0n) is 11.6. The van der Waals surface area contributed by atoms with Crippen molar-refractivity contribution >= 4 is 33.2 Å². The number of amides is 1. The fourth-order valence-electron chi connectivity index (χ4n) is 1.90. The van der Waals surface area contributed by atoms with Crippen molar-refractivity contribution in [2.24, 2.45) is 0 Å². The first kappa shape index (κ1) is 14.5. The fourth-order valence-corrected chi connectivity index (χ4v) is 2.22. The summed E-state index contributed by atoms with van der Waals surface area (Å²) in [5, 5.41) is 4.67. The van der Waals surface area contributed by atoms with Crippen LogP contribution in [0.5, 0.6) is 0 Å². The number of nitrogens with two attached hydrogens (primary N) is 1. The van der Waals surface area contributed by atoms with Gasteiger partial charge in [0, 0.05) is 34.5 Å². The van der Waals surface area contributed by atoms with Gasteiger partial charge in [-0.05, 0) is 29.8 Å². The summed E-state index contributed by atoms with van der Waals surface area (Å²) in [5.41, 5.74) is 6.84. The Labute approximate surface area is 120 Å². The first-order chi connectivity index (χ1) is 9.49. The first-order valence-corrected chi connectivity index (χ1v) is 8.00. The Hall–Kier alpha value is -1.88. The van der Waals surface area contributed by atoms with Gasteiger partial charge >= 0.3 is 0 Å². The third kappa shape index (κ3) is 3.17. The van der Waals surface area contributed by atoms with Gasteiger partial charge in [-0.15, -0.1) is 0 Å². The second-order valence-electron chi connectivity index (χ2n) is 4.81. The average molecular weight is 290 g/mol. The second kappa shape index (κ2) is 6.05. The van der Waals surface area contributed by atoms with Crippen LogP contribution in [-0.4, -0.2) is 28.2 Å². The number of hydrogen-bond donors (Lipinski definition) is 2. The Morgan fingerprint density at radius 2 is 1.90 bits per heavy atom. The van der Waals surface area contributed by atoms with Gasteiger partial charge in [-0.25, -0.2) is 0 Å². The summed E-state index contributed by atoms with van der Waals surface area (Å²) in [6, 6.07) is 11.3. The normalized spacial score (nSPS) is 13.9. The highest BCUT2D eigenvalue weighted by molar-refractivity contribution is 7.84. The third-order valence-electron chi connectivity index (χ3n) is 3.28. The van der Waals surface area contributed by atoms with Gasteiger partial charge in [0.05, 0.1) is 5.56 Å². The van der Waals surface area contributed by atoms with Crippen molar-refractivity contribution in [3.63, 3.8) is 0 Å². The molecule has 0 aromatic heterocycles. The summed E-state index contributed by atoms with van der Waals surface area (Å²) >= 11 is 0. The van der Waals surface area contributed by atoms with Crippen LogP contribution in [0.4, 0.5) is 5.69 Å². The molecular formula is C15H18N2O2S. The van der Waals surface area contributed by atoms with Gasteiger partial charge in [0.25, 0.3) is 5.91 Å². The quantitative estimate of drug-likeness (QED) is 0.845. The van der Waals surface area contributed by atoms with Crippen molar-refractivity contribution < 1.29 is 9.00 Å². The predicted octanol–water partition coefficient (Wildman–Crippen LogP) is 1.92. The molecule has 2 aromatic rings.